The van der Waals surface area contributed by atoms with Gasteiger partial charge in [0.05, 0.1) is 6.61 Å². The molecule has 1 aromatic carbocycles. The van der Waals surface area contributed by atoms with Gasteiger partial charge in [0.25, 0.3) is 0 Å². The summed E-state index contributed by atoms with van der Waals surface area (Å²) in [4.78, 5) is 11.7. The fourth-order valence-corrected chi connectivity index (χ4v) is 1.53. The van der Waals surface area contributed by atoms with Gasteiger partial charge in [-0.3, -0.25) is 0 Å². The molecule has 0 bridgehead atoms. The number of benzene rings is 1. The fraction of sp³-hybridized carbons (Fsp3) is 0.500. The minimum Gasteiger partial charge on any atom is -0.478 e. The third kappa shape index (κ3) is 4.04. The van der Waals surface area contributed by atoms with Crippen LogP contribution in [0.2, 0.25) is 0 Å². The Kier molecular flexibility index (Phi) is 5.65. The molecule has 0 saturated heterocycles. The first-order chi connectivity index (χ1) is 8.58. The van der Waals surface area contributed by atoms with E-state index in [1.807, 2.05) is 38.1 Å². The quantitative estimate of drug-likeness (QED) is 0.787. The molecule has 4 nitrogen and oxygen atoms in total. The van der Waals surface area contributed by atoms with Gasteiger partial charge in [0, 0.05) is 12.5 Å². The Morgan fingerprint density at radius 3 is 2.33 bits per heavy atom. The van der Waals surface area contributed by atoms with Crippen molar-refractivity contribution >= 4 is 5.97 Å². The van der Waals surface area contributed by atoms with Gasteiger partial charge in [0.2, 0.25) is 0 Å². The molecule has 4 heteroatoms. The summed E-state index contributed by atoms with van der Waals surface area (Å²) in [6.45, 7) is 6.49. The Morgan fingerprint density at radius 1 is 1.28 bits per heavy atom. The number of rotatable bonds is 6. The monoisotopic (exact) mass is 251 g/mol. The van der Waals surface area contributed by atoms with E-state index in [9.17, 15) is 4.79 Å². The largest absolute Gasteiger partial charge is 0.478 e. The van der Waals surface area contributed by atoms with Gasteiger partial charge < -0.3 is 15.2 Å². The third-order valence-electron chi connectivity index (χ3n) is 2.55. The van der Waals surface area contributed by atoms with Crippen molar-refractivity contribution in [2.75, 3.05) is 6.61 Å². The van der Waals surface area contributed by atoms with Crippen LogP contribution in [0.25, 0.3) is 0 Å². The molecule has 1 rings (SSSR count). The highest BCUT2D eigenvalue weighted by Crippen LogP contribution is 2.17. The maximum Gasteiger partial charge on any atom is 0.347 e. The first kappa shape index (κ1) is 14.5. The van der Waals surface area contributed by atoms with Crippen LogP contribution in [0.1, 0.15) is 26.3 Å². The SMILES string of the molecule is CCOC(=O)C(Oc1ccc(CN)cc1)C(C)C. The average molecular weight is 251 g/mol. The molecule has 1 aromatic rings. The van der Waals surface area contributed by atoms with Crippen LogP contribution in [0.5, 0.6) is 5.75 Å². The summed E-state index contributed by atoms with van der Waals surface area (Å²) in [5.41, 5.74) is 6.55. The van der Waals surface area contributed by atoms with E-state index in [4.69, 9.17) is 15.2 Å². The Morgan fingerprint density at radius 2 is 1.89 bits per heavy atom. The lowest BCUT2D eigenvalue weighted by Crippen LogP contribution is -2.34. The fourth-order valence-electron chi connectivity index (χ4n) is 1.53. The van der Waals surface area contributed by atoms with E-state index >= 15 is 0 Å². The molecule has 0 heterocycles. The molecule has 1 unspecified atom stereocenters. The van der Waals surface area contributed by atoms with Gasteiger partial charge in [-0.15, -0.1) is 0 Å². The molecule has 2 N–H and O–H groups in total. The summed E-state index contributed by atoms with van der Waals surface area (Å²) >= 11 is 0. The summed E-state index contributed by atoms with van der Waals surface area (Å²) in [5, 5.41) is 0. The van der Waals surface area contributed by atoms with Crippen LogP contribution < -0.4 is 10.5 Å². The first-order valence-electron chi connectivity index (χ1n) is 6.20. The Labute approximate surface area is 108 Å². The molecule has 0 aliphatic rings. The van der Waals surface area contributed by atoms with Crippen molar-refractivity contribution in [2.24, 2.45) is 11.7 Å². The highest BCUT2D eigenvalue weighted by molar-refractivity contribution is 5.75. The van der Waals surface area contributed by atoms with Crippen molar-refractivity contribution in [3.8, 4) is 5.75 Å². The second-order valence-corrected chi connectivity index (χ2v) is 4.38. The van der Waals surface area contributed by atoms with E-state index in [1.54, 1.807) is 6.92 Å². The zero-order chi connectivity index (χ0) is 13.5. The maximum absolute atomic E-state index is 11.7. The average Bonchev–Trinajstić information content (AvgIpc) is 2.36. The van der Waals surface area contributed by atoms with Crippen LogP contribution >= 0.6 is 0 Å². The minimum atomic E-state index is -0.575. The minimum absolute atomic E-state index is 0.0539. The van der Waals surface area contributed by atoms with E-state index in [0.717, 1.165) is 5.56 Å². The summed E-state index contributed by atoms with van der Waals surface area (Å²) in [6.07, 6.45) is -0.575. The first-order valence-corrected chi connectivity index (χ1v) is 6.20. The van der Waals surface area contributed by atoms with Crippen molar-refractivity contribution in [1.82, 2.24) is 0 Å². The van der Waals surface area contributed by atoms with Crippen LogP contribution in [0, 0.1) is 5.92 Å². The highest BCUT2D eigenvalue weighted by Gasteiger charge is 2.25. The molecule has 100 valence electrons. The standard InChI is InChI=1S/C14H21NO3/c1-4-17-14(16)13(10(2)3)18-12-7-5-11(9-15)6-8-12/h5-8,10,13H,4,9,15H2,1-3H3. The summed E-state index contributed by atoms with van der Waals surface area (Å²) in [7, 11) is 0. The van der Waals surface area contributed by atoms with E-state index in [-0.39, 0.29) is 11.9 Å². The van der Waals surface area contributed by atoms with E-state index in [0.29, 0.717) is 18.9 Å². The lowest BCUT2D eigenvalue weighted by Gasteiger charge is -2.20. The second kappa shape index (κ2) is 7.01. The normalized spacial score (nSPS) is 12.3. The maximum atomic E-state index is 11.7. The molecule has 0 saturated carbocycles. The van der Waals surface area contributed by atoms with Crippen LogP contribution in [0.4, 0.5) is 0 Å². The van der Waals surface area contributed by atoms with Crippen molar-refractivity contribution in [3.63, 3.8) is 0 Å². The molecule has 18 heavy (non-hydrogen) atoms. The summed E-state index contributed by atoms with van der Waals surface area (Å²) in [5.74, 6) is 0.382. The predicted octanol–water partition coefficient (Wildman–Crippen LogP) is 2.11. The van der Waals surface area contributed by atoms with Crippen LogP contribution in [-0.4, -0.2) is 18.7 Å². The lowest BCUT2D eigenvalue weighted by molar-refractivity contribution is -0.153. The molecule has 1 atom stereocenters. The van der Waals surface area contributed by atoms with Gasteiger partial charge >= 0.3 is 5.97 Å². The molecule has 0 fully saturated rings. The van der Waals surface area contributed by atoms with E-state index < -0.39 is 6.10 Å². The molecule has 0 amide bonds. The Balaban J connectivity index is 2.73. The van der Waals surface area contributed by atoms with Gasteiger partial charge in [-0.2, -0.15) is 0 Å². The third-order valence-corrected chi connectivity index (χ3v) is 2.55. The number of hydrogen-bond donors (Lipinski definition) is 1. The molecular formula is C14H21NO3. The number of esters is 1. The number of carbonyl (C=O) groups is 1. The zero-order valence-electron chi connectivity index (χ0n) is 11.2. The van der Waals surface area contributed by atoms with Crippen LogP contribution in [0.15, 0.2) is 24.3 Å². The van der Waals surface area contributed by atoms with Crippen molar-refractivity contribution in [3.05, 3.63) is 29.8 Å². The zero-order valence-corrected chi connectivity index (χ0v) is 11.2. The highest BCUT2D eigenvalue weighted by atomic mass is 16.6. The van der Waals surface area contributed by atoms with Gasteiger partial charge in [0.15, 0.2) is 6.10 Å². The van der Waals surface area contributed by atoms with Crippen LogP contribution in [-0.2, 0) is 16.1 Å². The molecule has 0 radical (unpaired) electrons. The molecule has 0 spiro atoms. The van der Waals surface area contributed by atoms with Crippen molar-refractivity contribution < 1.29 is 14.3 Å². The van der Waals surface area contributed by atoms with E-state index in [1.165, 1.54) is 0 Å². The van der Waals surface area contributed by atoms with Gasteiger partial charge in [-0.1, -0.05) is 26.0 Å². The van der Waals surface area contributed by atoms with Crippen molar-refractivity contribution in [1.29, 1.82) is 0 Å². The van der Waals surface area contributed by atoms with E-state index in [2.05, 4.69) is 0 Å². The number of hydrogen-bond acceptors (Lipinski definition) is 4. The second-order valence-electron chi connectivity index (χ2n) is 4.38. The smallest absolute Gasteiger partial charge is 0.347 e. The Bertz CT molecular complexity index is 373. The topological polar surface area (TPSA) is 61.5 Å². The van der Waals surface area contributed by atoms with Gasteiger partial charge in [-0.25, -0.2) is 4.79 Å². The molecular weight excluding hydrogens is 230 g/mol. The molecule has 0 aromatic heterocycles. The van der Waals surface area contributed by atoms with Gasteiger partial charge in [0.1, 0.15) is 5.75 Å². The van der Waals surface area contributed by atoms with Crippen LogP contribution in [0.3, 0.4) is 0 Å². The van der Waals surface area contributed by atoms with Gasteiger partial charge in [-0.05, 0) is 24.6 Å². The summed E-state index contributed by atoms with van der Waals surface area (Å²) in [6, 6.07) is 7.41. The number of ether oxygens (including phenoxy) is 2. The molecule has 0 aliphatic carbocycles. The van der Waals surface area contributed by atoms with Crippen molar-refractivity contribution in [2.45, 2.75) is 33.4 Å². The Hall–Kier alpha value is -1.55. The number of carbonyl (C=O) groups excluding carboxylic acids is 1. The summed E-state index contributed by atoms with van der Waals surface area (Å²) < 4.78 is 10.7. The lowest BCUT2D eigenvalue weighted by atomic mass is 10.1. The number of nitrogens with two attached hydrogens (primary N) is 1. The predicted molar refractivity (Wildman–Crippen MR) is 70.2 cm³/mol. The molecule has 0 aliphatic heterocycles.